The second-order valence-corrected chi connectivity index (χ2v) is 2.40. The van der Waals surface area contributed by atoms with Crippen molar-refractivity contribution >= 4 is 6.29 Å². The number of rotatable bonds is 2. The molecule has 0 saturated carbocycles. The Hall–Kier alpha value is -2.04. The Balaban J connectivity index is 2.57. The van der Waals surface area contributed by atoms with Gasteiger partial charge in [-0.2, -0.15) is 0 Å². The number of aromatic nitrogens is 4. The molecule has 5 heteroatoms. The van der Waals surface area contributed by atoms with Gasteiger partial charge in [0.1, 0.15) is 0 Å². The first-order valence-corrected chi connectivity index (χ1v) is 3.63. The largest absolute Gasteiger partial charge is 0.285 e. The van der Waals surface area contributed by atoms with Crippen molar-refractivity contribution in [2.75, 3.05) is 0 Å². The second-order valence-electron chi connectivity index (χ2n) is 2.40. The van der Waals surface area contributed by atoms with E-state index in [4.69, 9.17) is 0 Å². The lowest BCUT2D eigenvalue weighted by Gasteiger charge is -1.96. The molecule has 1 N–H and O–H groups in total. The maximum absolute atomic E-state index is 10.5. The van der Waals surface area contributed by atoms with E-state index in [1.165, 1.54) is 0 Å². The highest BCUT2D eigenvalue weighted by Crippen LogP contribution is 2.16. The minimum Gasteiger partial charge on any atom is -0.285 e. The van der Waals surface area contributed by atoms with Gasteiger partial charge in [0.15, 0.2) is 5.82 Å². The average Bonchev–Trinajstić information content (AvgIpc) is 2.70. The Bertz CT molecular complexity index is 410. The van der Waals surface area contributed by atoms with E-state index in [9.17, 15) is 4.79 Å². The number of aromatic amines is 1. The monoisotopic (exact) mass is 173 g/mol. The molecule has 2 aromatic rings. The van der Waals surface area contributed by atoms with Gasteiger partial charge in [-0.1, -0.05) is 24.3 Å². The number of hydrogen-bond donors (Lipinski definition) is 1. The summed E-state index contributed by atoms with van der Waals surface area (Å²) < 4.78 is 0. The molecular weight excluding hydrogens is 168 g/mol. The molecule has 1 aromatic carbocycles. The van der Waals surface area contributed by atoms with Crippen LogP contribution >= 0.6 is 0 Å². The van der Waals surface area contributed by atoms with Crippen LogP contribution in [0, 0.1) is 0 Å². The maximum atomic E-state index is 10.5. The summed E-state index contributed by atoms with van der Waals surface area (Å²) in [4.78, 5) is 10.5. The van der Waals surface area contributed by atoms with E-state index in [1.54, 1.807) is 24.3 Å². The Morgan fingerprint density at radius 1 is 1.31 bits per heavy atom. The minimum absolute atomic E-state index is 0.445. The van der Waals surface area contributed by atoms with Crippen LogP contribution in [0.25, 0.3) is 11.4 Å². The normalized spacial score (nSPS) is 9.85. The zero-order valence-electron chi connectivity index (χ0n) is 6.56. The van der Waals surface area contributed by atoms with E-state index in [2.05, 4.69) is 20.6 Å². The molecule has 0 aliphatic rings. The van der Waals surface area contributed by atoms with E-state index < -0.39 is 0 Å². The molecule has 0 bridgehead atoms. The molecule has 0 atom stereocenters. The number of tetrazole rings is 1. The standard InChI is InChI=1S/C8H5N4O/c13-5-6-3-1-2-4-7(6)8-9-11-12-10-8/h1-4H,(H,9,10,11,12). The van der Waals surface area contributed by atoms with Crippen LogP contribution in [0.3, 0.4) is 0 Å². The summed E-state index contributed by atoms with van der Waals surface area (Å²) in [5, 5.41) is 13.1. The summed E-state index contributed by atoms with van der Waals surface area (Å²) in [5.74, 6) is 0.471. The molecule has 0 amide bonds. The van der Waals surface area contributed by atoms with Crippen LogP contribution in [0.4, 0.5) is 0 Å². The van der Waals surface area contributed by atoms with Gasteiger partial charge in [0.05, 0.1) is 0 Å². The third-order valence-electron chi connectivity index (χ3n) is 1.64. The fourth-order valence-electron chi connectivity index (χ4n) is 1.05. The summed E-state index contributed by atoms with van der Waals surface area (Å²) in [6.07, 6.45) is 1.82. The SMILES string of the molecule is O=[C]c1ccccc1-c1nnn[nH]1. The van der Waals surface area contributed by atoms with E-state index >= 15 is 0 Å². The van der Waals surface area contributed by atoms with Crippen LogP contribution in [0.15, 0.2) is 24.3 Å². The second kappa shape index (κ2) is 3.14. The highest BCUT2D eigenvalue weighted by atomic mass is 16.1. The van der Waals surface area contributed by atoms with Gasteiger partial charge in [-0.15, -0.1) is 5.10 Å². The molecule has 1 radical (unpaired) electrons. The molecule has 0 aliphatic carbocycles. The molecule has 1 heterocycles. The van der Waals surface area contributed by atoms with Crippen molar-refractivity contribution in [2.45, 2.75) is 0 Å². The first-order valence-electron chi connectivity index (χ1n) is 3.63. The van der Waals surface area contributed by atoms with Gasteiger partial charge in [0.25, 0.3) is 0 Å². The van der Waals surface area contributed by atoms with E-state index in [-0.39, 0.29) is 0 Å². The average molecular weight is 173 g/mol. The highest BCUT2D eigenvalue weighted by Gasteiger charge is 2.06. The first-order chi connectivity index (χ1) is 6.42. The lowest BCUT2D eigenvalue weighted by molar-refractivity contribution is 0.563. The molecule has 1 aromatic heterocycles. The summed E-state index contributed by atoms with van der Waals surface area (Å²) in [5.41, 5.74) is 1.10. The molecule has 2 rings (SSSR count). The van der Waals surface area contributed by atoms with Gasteiger partial charge in [-0.3, -0.25) is 4.79 Å². The van der Waals surface area contributed by atoms with Crippen molar-refractivity contribution in [3.8, 4) is 11.4 Å². The molecular formula is C8H5N4O. The summed E-state index contributed by atoms with van der Waals surface area (Å²) >= 11 is 0. The van der Waals surface area contributed by atoms with Crippen molar-refractivity contribution in [2.24, 2.45) is 0 Å². The summed E-state index contributed by atoms with van der Waals surface area (Å²) in [6.45, 7) is 0. The van der Waals surface area contributed by atoms with Crippen molar-refractivity contribution in [1.29, 1.82) is 0 Å². The minimum atomic E-state index is 0.445. The Labute approximate surface area is 73.8 Å². The van der Waals surface area contributed by atoms with Crippen molar-refractivity contribution in [1.82, 2.24) is 20.6 Å². The highest BCUT2D eigenvalue weighted by molar-refractivity contribution is 5.85. The third-order valence-corrected chi connectivity index (χ3v) is 1.64. The number of nitrogens with one attached hydrogen (secondary N) is 1. The molecule has 0 unspecified atom stereocenters. The molecule has 63 valence electrons. The van der Waals surface area contributed by atoms with Crippen molar-refractivity contribution < 1.29 is 4.79 Å². The predicted molar refractivity (Wildman–Crippen MR) is 44.4 cm³/mol. The maximum Gasteiger partial charge on any atom is 0.234 e. The Kier molecular flexibility index (Phi) is 1.84. The van der Waals surface area contributed by atoms with E-state index in [0.717, 1.165) is 0 Å². The van der Waals surface area contributed by atoms with Gasteiger partial charge in [0, 0.05) is 11.1 Å². The number of benzene rings is 1. The van der Waals surface area contributed by atoms with Crippen molar-refractivity contribution in [3.63, 3.8) is 0 Å². The predicted octanol–water partition coefficient (Wildman–Crippen LogP) is 0.324. The number of H-pyrrole nitrogens is 1. The molecule has 13 heavy (non-hydrogen) atoms. The van der Waals surface area contributed by atoms with Crippen LogP contribution in [-0.2, 0) is 4.79 Å². The number of hydrogen-bond acceptors (Lipinski definition) is 4. The zero-order chi connectivity index (χ0) is 9.10. The molecule has 0 fully saturated rings. The quantitative estimate of drug-likeness (QED) is 0.710. The van der Waals surface area contributed by atoms with Crippen molar-refractivity contribution in [3.05, 3.63) is 29.8 Å². The van der Waals surface area contributed by atoms with Crippen LogP contribution in [-0.4, -0.2) is 26.9 Å². The molecule has 0 spiro atoms. The lowest BCUT2D eigenvalue weighted by Crippen LogP contribution is -1.88. The number of nitrogens with zero attached hydrogens (tertiary/aromatic N) is 3. The van der Waals surface area contributed by atoms with Crippen LogP contribution in [0.2, 0.25) is 0 Å². The van der Waals surface area contributed by atoms with Gasteiger partial charge in [-0.25, -0.2) is 5.10 Å². The van der Waals surface area contributed by atoms with Gasteiger partial charge < -0.3 is 0 Å². The van der Waals surface area contributed by atoms with Gasteiger partial charge >= 0.3 is 0 Å². The smallest absolute Gasteiger partial charge is 0.234 e. The lowest BCUT2D eigenvalue weighted by atomic mass is 10.1. The van der Waals surface area contributed by atoms with Gasteiger partial charge in [-0.05, 0) is 10.4 Å². The topological polar surface area (TPSA) is 71.5 Å². The summed E-state index contributed by atoms with van der Waals surface area (Å²) in [7, 11) is 0. The Morgan fingerprint density at radius 3 is 2.85 bits per heavy atom. The van der Waals surface area contributed by atoms with E-state index in [1.807, 2.05) is 6.29 Å². The van der Waals surface area contributed by atoms with Crippen LogP contribution in [0.1, 0.15) is 5.56 Å². The fourth-order valence-corrected chi connectivity index (χ4v) is 1.05. The van der Waals surface area contributed by atoms with Crippen LogP contribution < -0.4 is 0 Å². The van der Waals surface area contributed by atoms with Gasteiger partial charge in [0.2, 0.25) is 6.29 Å². The van der Waals surface area contributed by atoms with E-state index in [0.29, 0.717) is 17.0 Å². The fraction of sp³-hybridized carbons (Fsp3) is 0. The first kappa shape index (κ1) is 7.60. The Morgan fingerprint density at radius 2 is 2.15 bits per heavy atom. The van der Waals surface area contributed by atoms with Crippen LogP contribution in [0.5, 0.6) is 0 Å². The zero-order valence-corrected chi connectivity index (χ0v) is 6.56. The molecule has 0 saturated heterocycles. The number of carbonyl (C=O) groups excluding carboxylic acids is 1. The molecule has 0 aliphatic heterocycles. The molecule has 5 nitrogen and oxygen atoms in total. The third kappa shape index (κ3) is 1.31. The summed E-state index contributed by atoms with van der Waals surface area (Å²) in [6, 6.07) is 6.97.